The van der Waals surface area contributed by atoms with E-state index >= 15 is 0 Å². The van der Waals surface area contributed by atoms with Crippen molar-refractivity contribution in [2.75, 3.05) is 11.9 Å². The minimum atomic E-state index is -3.75. The number of benzene rings is 2. The Hall–Kier alpha value is -1.41. The molecule has 2 aromatic carbocycles. The zero-order valence-electron chi connectivity index (χ0n) is 14.8. The first kappa shape index (κ1) is 20.3. The number of sulfonamides is 1. The van der Waals surface area contributed by atoms with E-state index in [1.165, 1.54) is 4.31 Å². The quantitative estimate of drug-likeness (QED) is 0.709. The second-order valence-electron chi connectivity index (χ2n) is 6.53. The van der Waals surface area contributed by atoms with Gasteiger partial charge in [-0.3, -0.25) is 4.79 Å². The Morgan fingerprint density at radius 3 is 2.56 bits per heavy atom. The summed E-state index contributed by atoms with van der Waals surface area (Å²) in [5.41, 5.74) is 1.47. The molecule has 0 radical (unpaired) electrons. The van der Waals surface area contributed by atoms with Crippen molar-refractivity contribution < 1.29 is 13.2 Å². The van der Waals surface area contributed by atoms with Crippen LogP contribution in [0, 0.1) is 6.92 Å². The van der Waals surface area contributed by atoms with E-state index < -0.39 is 16.1 Å². The molecule has 1 saturated heterocycles. The van der Waals surface area contributed by atoms with Gasteiger partial charge in [-0.2, -0.15) is 4.31 Å². The zero-order chi connectivity index (χ0) is 19.6. The van der Waals surface area contributed by atoms with Crippen LogP contribution in [0.15, 0.2) is 51.8 Å². The van der Waals surface area contributed by atoms with Crippen molar-refractivity contribution >= 4 is 49.1 Å². The lowest BCUT2D eigenvalue weighted by molar-refractivity contribution is -0.120. The Bertz CT molecular complexity index is 948. The second-order valence-corrected chi connectivity index (χ2v) is 9.75. The van der Waals surface area contributed by atoms with Crippen molar-refractivity contribution in [1.82, 2.24) is 4.31 Å². The van der Waals surface area contributed by atoms with Crippen molar-refractivity contribution in [3.63, 3.8) is 0 Å². The highest BCUT2D eigenvalue weighted by Crippen LogP contribution is 2.28. The molecule has 5 nitrogen and oxygen atoms in total. The number of nitrogens with zero attached hydrogens (tertiary/aromatic N) is 1. The van der Waals surface area contributed by atoms with Gasteiger partial charge in [-0.25, -0.2) is 8.42 Å². The molecule has 0 bridgehead atoms. The van der Waals surface area contributed by atoms with Gasteiger partial charge in [-0.15, -0.1) is 0 Å². The fourth-order valence-corrected chi connectivity index (χ4v) is 5.19. The number of carbonyl (C=O) groups excluding carboxylic acids is 1. The number of piperidine rings is 1. The van der Waals surface area contributed by atoms with E-state index in [0.717, 1.165) is 22.9 Å². The molecule has 0 aromatic heterocycles. The van der Waals surface area contributed by atoms with Gasteiger partial charge in [0.05, 0.1) is 4.90 Å². The van der Waals surface area contributed by atoms with E-state index in [1.54, 1.807) is 36.4 Å². The number of rotatable bonds is 4. The largest absolute Gasteiger partial charge is 0.325 e. The van der Waals surface area contributed by atoms with Crippen molar-refractivity contribution in [2.24, 2.45) is 0 Å². The monoisotopic (exact) mass is 470 g/mol. The van der Waals surface area contributed by atoms with Gasteiger partial charge in [0.15, 0.2) is 0 Å². The molecule has 1 aliphatic heterocycles. The summed E-state index contributed by atoms with van der Waals surface area (Å²) in [7, 11) is -3.75. The van der Waals surface area contributed by atoms with Gasteiger partial charge in [-0.05, 0) is 61.7 Å². The molecule has 3 rings (SSSR count). The number of nitrogens with one attached hydrogen (secondary N) is 1. The van der Waals surface area contributed by atoms with Crippen LogP contribution in [0.1, 0.15) is 24.8 Å². The van der Waals surface area contributed by atoms with Crippen LogP contribution >= 0.6 is 27.5 Å². The molecular formula is C19H20BrClN2O3S. The average molecular weight is 472 g/mol. The molecular weight excluding hydrogens is 452 g/mol. The van der Waals surface area contributed by atoms with Gasteiger partial charge in [0.25, 0.3) is 0 Å². The lowest BCUT2D eigenvalue weighted by Gasteiger charge is -2.33. The van der Waals surface area contributed by atoms with Crippen LogP contribution in [0.5, 0.6) is 0 Å². The molecule has 0 saturated carbocycles. The maximum atomic E-state index is 13.1. The highest BCUT2D eigenvalue weighted by molar-refractivity contribution is 9.10. The van der Waals surface area contributed by atoms with Crippen molar-refractivity contribution in [2.45, 2.75) is 37.1 Å². The smallest absolute Gasteiger partial charge is 0.243 e. The first-order chi connectivity index (χ1) is 12.8. The summed E-state index contributed by atoms with van der Waals surface area (Å²) in [5, 5.41) is 3.36. The number of anilines is 1. The van der Waals surface area contributed by atoms with Crippen molar-refractivity contribution in [1.29, 1.82) is 0 Å². The van der Waals surface area contributed by atoms with Gasteiger partial charge < -0.3 is 5.32 Å². The van der Waals surface area contributed by atoms with Gasteiger partial charge in [0.2, 0.25) is 15.9 Å². The third-order valence-corrected chi connectivity index (χ3v) is 7.47. The Kier molecular flexibility index (Phi) is 6.25. The summed E-state index contributed by atoms with van der Waals surface area (Å²) in [6.45, 7) is 2.20. The summed E-state index contributed by atoms with van der Waals surface area (Å²) < 4.78 is 28.3. The molecule has 1 amide bonds. The summed E-state index contributed by atoms with van der Waals surface area (Å²) in [5.74, 6) is -0.338. The molecule has 1 heterocycles. The van der Waals surface area contributed by atoms with Crippen molar-refractivity contribution in [3.8, 4) is 0 Å². The summed E-state index contributed by atoms with van der Waals surface area (Å²) in [6, 6.07) is 11.0. The number of hydrogen-bond acceptors (Lipinski definition) is 3. The molecule has 8 heteroatoms. The number of halogens is 2. The lowest BCUT2D eigenvalue weighted by Crippen LogP contribution is -2.49. The molecule has 2 aromatic rings. The summed E-state index contributed by atoms with van der Waals surface area (Å²) >= 11 is 9.42. The topological polar surface area (TPSA) is 66.5 Å². The molecule has 1 aliphatic rings. The van der Waals surface area contributed by atoms with E-state index in [1.807, 2.05) is 13.0 Å². The second kappa shape index (κ2) is 8.31. The van der Waals surface area contributed by atoms with E-state index in [-0.39, 0.29) is 10.8 Å². The third-order valence-electron chi connectivity index (χ3n) is 4.62. The van der Waals surface area contributed by atoms with E-state index in [2.05, 4.69) is 21.2 Å². The molecule has 1 unspecified atom stereocenters. The predicted molar refractivity (Wildman–Crippen MR) is 110 cm³/mol. The fraction of sp³-hybridized carbons (Fsp3) is 0.316. The first-order valence-corrected chi connectivity index (χ1v) is 11.2. The molecule has 1 fully saturated rings. The number of carbonyl (C=O) groups is 1. The minimum absolute atomic E-state index is 0.184. The minimum Gasteiger partial charge on any atom is -0.325 e. The third kappa shape index (κ3) is 4.54. The Labute approximate surface area is 172 Å². The fourth-order valence-electron chi connectivity index (χ4n) is 3.09. The molecule has 0 spiro atoms. The Morgan fingerprint density at radius 2 is 1.89 bits per heavy atom. The number of hydrogen-bond donors (Lipinski definition) is 1. The number of amides is 1. The standard InChI is InChI=1S/C19H20BrClN2O3S/c1-13-5-8-15(12-17(13)21)22-19(24)18-4-2-3-11-23(18)27(25,26)16-9-6-14(20)7-10-16/h5-10,12,18H,2-4,11H2,1H3,(H,22,24). The molecule has 27 heavy (non-hydrogen) atoms. The van der Waals surface area contributed by atoms with Crippen LogP contribution in [0.25, 0.3) is 0 Å². The molecule has 144 valence electrons. The summed E-state index contributed by atoms with van der Waals surface area (Å²) in [6.07, 6.45) is 2.02. The highest BCUT2D eigenvalue weighted by Gasteiger charge is 2.37. The Morgan fingerprint density at radius 1 is 1.19 bits per heavy atom. The van der Waals surface area contributed by atoms with Gasteiger partial charge in [-0.1, -0.05) is 40.0 Å². The highest BCUT2D eigenvalue weighted by atomic mass is 79.9. The predicted octanol–water partition coefficient (Wildman–Crippen LogP) is 4.59. The van der Waals surface area contributed by atoms with Crippen LogP contribution in [0.3, 0.4) is 0 Å². The van der Waals surface area contributed by atoms with E-state index in [9.17, 15) is 13.2 Å². The van der Waals surface area contributed by atoms with Gasteiger partial charge >= 0.3 is 0 Å². The maximum absolute atomic E-state index is 13.1. The van der Waals surface area contributed by atoms with Crippen LogP contribution in [0.2, 0.25) is 5.02 Å². The van der Waals surface area contributed by atoms with E-state index in [0.29, 0.717) is 23.7 Å². The first-order valence-electron chi connectivity index (χ1n) is 8.63. The van der Waals surface area contributed by atoms with Crippen LogP contribution in [-0.4, -0.2) is 31.2 Å². The van der Waals surface area contributed by atoms with Gasteiger partial charge in [0, 0.05) is 21.7 Å². The Balaban J connectivity index is 1.85. The normalized spacial score (nSPS) is 18.3. The van der Waals surface area contributed by atoms with Crippen molar-refractivity contribution in [3.05, 3.63) is 57.5 Å². The molecule has 1 atom stereocenters. The molecule has 1 N–H and O–H groups in total. The van der Waals surface area contributed by atoms with E-state index in [4.69, 9.17) is 11.6 Å². The van der Waals surface area contributed by atoms with Crippen LogP contribution in [0.4, 0.5) is 5.69 Å². The molecule has 0 aliphatic carbocycles. The maximum Gasteiger partial charge on any atom is 0.243 e. The van der Waals surface area contributed by atoms with Crippen LogP contribution < -0.4 is 5.32 Å². The zero-order valence-corrected chi connectivity index (χ0v) is 17.9. The lowest BCUT2D eigenvalue weighted by atomic mass is 10.0. The van der Waals surface area contributed by atoms with Gasteiger partial charge in [0.1, 0.15) is 6.04 Å². The average Bonchev–Trinajstić information content (AvgIpc) is 2.65. The number of aryl methyl sites for hydroxylation is 1. The SMILES string of the molecule is Cc1ccc(NC(=O)C2CCCCN2S(=O)(=O)c2ccc(Br)cc2)cc1Cl. The summed E-state index contributed by atoms with van der Waals surface area (Å²) in [4.78, 5) is 13.0. The van der Waals surface area contributed by atoms with Crippen LogP contribution in [-0.2, 0) is 14.8 Å².